The van der Waals surface area contributed by atoms with E-state index < -0.39 is 22.5 Å². The molecule has 0 bridgehead atoms. The van der Waals surface area contributed by atoms with E-state index in [9.17, 15) is 18.0 Å². The summed E-state index contributed by atoms with van der Waals surface area (Å²) in [6.45, 7) is 0.892. The van der Waals surface area contributed by atoms with Gasteiger partial charge >= 0.3 is 0 Å². The molecule has 2 amide bonds. The average Bonchev–Trinajstić information content (AvgIpc) is 2.60. The summed E-state index contributed by atoms with van der Waals surface area (Å²) < 4.78 is 26.8. The second kappa shape index (κ2) is 7.77. The predicted octanol–water partition coefficient (Wildman–Crippen LogP) is 0.830. The van der Waals surface area contributed by atoms with Gasteiger partial charge in [-0.15, -0.1) is 0 Å². The van der Waals surface area contributed by atoms with Crippen LogP contribution in [-0.4, -0.2) is 26.8 Å². The average molecular weight is 362 g/mol. The molecule has 0 spiro atoms. The first kappa shape index (κ1) is 18.4. The normalized spacial score (nSPS) is 10.8. The number of nitrogens with zero attached hydrogens (tertiary/aromatic N) is 1. The highest BCUT2D eigenvalue weighted by molar-refractivity contribution is 7.92. The lowest BCUT2D eigenvalue weighted by Gasteiger charge is -2.23. The van der Waals surface area contributed by atoms with Crippen molar-refractivity contribution in [3.8, 4) is 0 Å². The maximum Gasteiger partial charge on any atom is 0.264 e. The van der Waals surface area contributed by atoms with Crippen molar-refractivity contribution in [2.45, 2.75) is 11.8 Å². The van der Waals surface area contributed by atoms with Crippen LogP contribution in [0, 0.1) is 0 Å². The third kappa shape index (κ3) is 4.55. The standard InChI is InChI=1S/C16H18N4O4S/c1-12(21)18-13-7-9-15(10-8-13)25(23,24)20(11-16(22)19-17)14-5-3-2-4-6-14/h2-10H,11,17H2,1H3,(H,18,21)(H,19,22). The third-order valence-corrected chi connectivity index (χ3v) is 5.04. The van der Waals surface area contributed by atoms with Gasteiger partial charge < -0.3 is 5.32 Å². The van der Waals surface area contributed by atoms with E-state index in [1.165, 1.54) is 31.2 Å². The molecule has 0 aliphatic carbocycles. The van der Waals surface area contributed by atoms with Crippen LogP contribution in [0.1, 0.15) is 6.92 Å². The number of hydrazine groups is 1. The lowest BCUT2D eigenvalue weighted by molar-refractivity contribution is -0.119. The molecule has 2 aromatic carbocycles. The molecule has 9 heteroatoms. The highest BCUT2D eigenvalue weighted by Crippen LogP contribution is 2.24. The Morgan fingerprint density at radius 1 is 1.04 bits per heavy atom. The quantitative estimate of drug-likeness (QED) is 0.399. The van der Waals surface area contributed by atoms with Crippen LogP contribution in [0.25, 0.3) is 0 Å². The molecule has 2 rings (SSSR count). The van der Waals surface area contributed by atoms with Crippen molar-refractivity contribution in [2.75, 3.05) is 16.2 Å². The van der Waals surface area contributed by atoms with Gasteiger partial charge in [0, 0.05) is 12.6 Å². The minimum absolute atomic E-state index is 0.0183. The Morgan fingerprint density at radius 3 is 2.16 bits per heavy atom. The van der Waals surface area contributed by atoms with Crippen molar-refractivity contribution in [1.82, 2.24) is 5.43 Å². The van der Waals surface area contributed by atoms with Crippen molar-refractivity contribution in [3.05, 3.63) is 54.6 Å². The maximum atomic E-state index is 12.9. The molecular formula is C16H18N4O4S. The van der Waals surface area contributed by atoms with E-state index in [0.717, 1.165) is 4.31 Å². The molecule has 0 saturated heterocycles. The first-order chi connectivity index (χ1) is 11.8. The van der Waals surface area contributed by atoms with Crippen LogP contribution in [-0.2, 0) is 19.6 Å². The van der Waals surface area contributed by atoms with Crippen LogP contribution in [0.3, 0.4) is 0 Å². The molecule has 0 atom stereocenters. The van der Waals surface area contributed by atoms with E-state index in [0.29, 0.717) is 11.4 Å². The molecule has 0 aliphatic rings. The van der Waals surface area contributed by atoms with Crippen LogP contribution in [0.15, 0.2) is 59.5 Å². The molecule has 0 aliphatic heterocycles. The number of carbonyl (C=O) groups is 2. The van der Waals surface area contributed by atoms with Gasteiger partial charge in [0.25, 0.3) is 15.9 Å². The summed E-state index contributed by atoms with van der Waals surface area (Å²) in [7, 11) is -4.00. The van der Waals surface area contributed by atoms with Crippen molar-refractivity contribution in [2.24, 2.45) is 5.84 Å². The highest BCUT2D eigenvalue weighted by Gasteiger charge is 2.26. The smallest absolute Gasteiger partial charge is 0.264 e. The predicted molar refractivity (Wildman–Crippen MR) is 94.0 cm³/mol. The molecule has 0 unspecified atom stereocenters. The molecule has 0 radical (unpaired) electrons. The van der Waals surface area contributed by atoms with E-state index >= 15 is 0 Å². The number of hydrogen-bond acceptors (Lipinski definition) is 5. The molecular weight excluding hydrogens is 344 g/mol. The van der Waals surface area contributed by atoms with Gasteiger partial charge in [-0.05, 0) is 36.4 Å². The van der Waals surface area contributed by atoms with Crippen LogP contribution < -0.4 is 20.9 Å². The SMILES string of the molecule is CC(=O)Nc1ccc(S(=O)(=O)N(CC(=O)NN)c2ccccc2)cc1. The Morgan fingerprint density at radius 2 is 1.64 bits per heavy atom. The van der Waals surface area contributed by atoms with Gasteiger partial charge in [-0.1, -0.05) is 18.2 Å². The second-order valence-electron chi connectivity index (χ2n) is 5.12. The van der Waals surface area contributed by atoms with Gasteiger partial charge in [-0.25, -0.2) is 14.3 Å². The lowest BCUT2D eigenvalue weighted by Crippen LogP contribution is -2.43. The Hall–Kier alpha value is -2.91. The van der Waals surface area contributed by atoms with E-state index in [-0.39, 0.29) is 10.8 Å². The summed E-state index contributed by atoms with van der Waals surface area (Å²) in [5, 5.41) is 2.56. The van der Waals surface area contributed by atoms with Gasteiger partial charge in [0.1, 0.15) is 6.54 Å². The summed E-state index contributed by atoms with van der Waals surface area (Å²) in [4.78, 5) is 22.7. The van der Waals surface area contributed by atoms with Crippen molar-refractivity contribution >= 4 is 33.2 Å². The number of nitrogens with two attached hydrogens (primary N) is 1. The van der Waals surface area contributed by atoms with E-state index in [4.69, 9.17) is 5.84 Å². The number of amides is 2. The zero-order valence-corrected chi connectivity index (χ0v) is 14.3. The fourth-order valence-electron chi connectivity index (χ4n) is 2.13. The molecule has 8 nitrogen and oxygen atoms in total. The number of carbonyl (C=O) groups excluding carboxylic acids is 2. The number of hydrogen-bond donors (Lipinski definition) is 3. The zero-order chi connectivity index (χ0) is 18.4. The largest absolute Gasteiger partial charge is 0.326 e. The van der Waals surface area contributed by atoms with E-state index in [1.54, 1.807) is 30.3 Å². The molecule has 0 saturated carbocycles. The van der Waals surface area contributed by atoms with Gasteiger partial charge in [-0.2, -0.15) is 0 Å². The Kier molecular flexibility index (Phi) is 5.73. The van der Waals surface area contributed by atoms with Crippen LogP contribution in [0.4, 0.5) is 11.4 Å². The number of anilines is 2. The highest BCUT2D eigenvalue weighted by atomic mass is 32.2. The van der Waals surface area contributed by atoms with Gasteiger partial charge in [-0.3, -0.25) is 19.3 Å². The fraction of sp³-hybridized carbons (Fsp3) is 0.125. The molecule has 2 aromatic rings. The first-order valence-corrected chi connectivity index (χ1v) is 8.73. The van der Waals surface area contributed by atoms with E-state index in [1.807, 2.05) is 5.43 Å². The Balaban J connectivity index is 2.40. The molecule has 25 heavy (non-hydrogen) atoms. The van der Waals surface area contributed by atoms with Crippen LogP contribution in [0.2, 0.25) is 0 Å². The van der Waals surface area contributed by atoms with Crippen LogP contribution >= 0.6 is 0 Å². The molecule has 4 N–H and O–H groups in total. The third-order valence-electron chi connectivity index (χ3n) is 3.26. The van der Waals surface area contributed by atoms with Crippen molar-refractivity contribution in [3.63, 3.8) is 0 Å². The maximum absolute atomic E-state index is 12.9. The number of nitrogens with one attached hydrogen (secondary N) is 2. The molecule has 0 aromatic heterocycles. The van der Waals surface area contributed by atoms with Gasteiger partial charge in [0.05, 0.1) is 10.6 Å². The summed E-state index contributed by atoms with van der Waals surface area (Å²) in [6, 6.07) is 13.9. The van der Waals surface area contributed by atoms with Crippen molar-refractivity contribution in [1.29, 1.82) is 0 Å². The second-order valence-corrected chi connectivity index (χ2v) is 6.98. The lowest BCUT2D eigenvalue weighted by atomic mass is 10.3. The molecule has 0 fully saturated rings. The minimum atomic E-state index is -4.00. The summed E-state index contributed by atoms with van der Waals surface area (Å²) in [6.07, 6.45) is 0. The number of benzene rings is 2. The Bertz CT molecular complexity index is 851. The van der Waals surface area contributed by atoms with E-state index in [2.05, 4.69) is 5.32 Å². The molecule has 0 heterocycles. The Labute approximate surface area is 145 Å². The van der Waals surface area contributed by atoms with Crippen LogP contribution in [0.5, 0.6) is 0 Å². The zero-order valence-electron chi connectivity index (χ0n) is 13.5. The summed E-state index contributed by atoms with van der Waals surface area (Å²) in [5.41, 5.74) is 2.73. The van der Waals surface area contributed by atoms with Crippen molar-refractivity contribution < 1.29 is 18.0 Å². The summed E-state index contributed by atoms with van der Waals surface area (Å²) >= 11 is 0. The number of para-hydroxylation sites is 1. The molecule has 132 valence electrons. The monoisotopic (exact) mass is 362 g/mol. The fourth-order valence-corrected chi connectivity index (χ4v) is 3.55. The summed E-state index contributed by atoms with van der Waals surface area (Å²) in [5.74, 6) is 4.17. The van der Waals surface area contributed by atoms with Gasteiger partial charge in [0.2, 0.25) is 5.91 Å². The number of sulfonamides is 1. The minimum Gasteiger partial charge on any atom is -0.326 e. The topological polar surface area (TPSA) is 122 Å². The first-order valence-electron chi connectivity index (χ1n) is 7.29. The van der Waals surface area contributed by atoms with Gasteiger partial charge in [0.15, 0.2) is 0 Å². The number of rotatable bonds is 6.